The van der Waals surface area contributed by atoms with Crippen LogP contribution in [0.4, 0.5) is 0 Å². The Labute approximate surface area is 98.5 Å². The van der Waals surface area contributed by atoms with Gasteiger partial charge in [0, 0.05) is 18.3 Å². The Kier molecular flexibility index (Phi) is 5.86. The van der Waals surface area contributed by atoms with Crippen LogP contribution in [0.1, 0.15) is 32.8 Å². The van der Waals surface area contributed by atoms with Gasteiger partial charge >= 0.3 is 0 Å². The smallest absolute Gasteiger partial charge is 0.0562 e. The molecule has 3 heteroatoms. The molecule has 1 N–H and O–H groups in total. The summed E-state index contributed by atoms with van der Waals surface area (Å²) in [5.74, 6) is 0.728. The van der Waals surface area contributed by atoms with Gasteiger partial charge in [-0.25, -0.2) is 0 Å². The predicted molar refractivity (Wildman–Crippen MR) is 69.3 cm³/mol. The molecular weight excluding hydrogens is 198 g/mol. The molecule has 0 atom stereocenters. The number of hydrogen-bond acceptors (Lipinski definition) is 2. The summed E-state index contributed by atoms with van der Waals surface area (Å²) in [7, 11) is 0. The fourth-order valence-electron chi connectivity index (χ4n) is 1.43. The van der Waals surface area contributed by atoms with E-state index in [0.717, 1.165) is 32.0 Å². The molecule has 90 valence electrons. The van der Waals surface area contributed by atoms with Crippen LogP contribution in [0.25, 0.3) is 6.08 Å². The fraction of sp³-hybridized carbons (Fsp3) is 0.615. The maximum Gasteiger partial charge on any atom is 0.0562 e. The molecule has 0 saturated carbocycles. The quantitative estimate of drug-likeness (QED) is 0.717. The second-order valence-corrected chi connectivity index (χ2v) is 4.42. The van der Waals surface area contributed by atoms with Crippen molar-refractivity contribution in [3.8, 4) is 0 Å². The van der Waals surface area contributed by atoms with Crippen molar-refractivity contribution in [2.45, 2.75) is 33.7 Å². The Morgan fingerprint density at radius 1 is 1.50 bits per heavy atom. The molecule has 3 nitrogen and oxygen atoms in total. The van der Waals surface area contributed by atoms with Crippen LogP contribution in [0.3, 0.4) is 0 Å². The van der Waals surface area contributed by atoms with Gasteiger partial charge in [-0.05, 0) is 32.4 Å². The zero-order valence-corrected chi connectivity index (χ0v) is 10.6. The van der Waals surface area contributed by atoms with Crippen molar-refractivity contribution in [2.75, 3.05) is 13.1 Å². The number of nitrogens with zero attached hydrogens (tertiary/aromatic N) is 2. The first-order valence-corrected chi connectivity index (χ1v) is 6.12. The van der Waals surface area contributed by atoms with Gasteiger partial charge in [0.25, 0.3) is 0 Å². The van der Waals surface area contributed by atoms with Gasteiger partial charge in [-0.2, -0.15) is 5.10 Å². The summed E-state index contributed by atoms with van der Waals surface area (Å²) >= 11 is 0. The topological polar surface area (TPSA) is 29.9 Å². The van der Waals surface area contributed by atoms with Gasteiger partial charge in [-0.1, -0.05) is 26.0 Å². The molecule has 0 aliphatic heterocycles. The number of aromatic nitrogens is 2. The van der Waals surface area contributed by atoms with Gasteiger partial charge in [0.2, 0.25) is 0 Å². The second-order valence-electron chi connectivity index (χ2n) is 4.42. The Bertz CT molecular complexity index is 313. The molecule has 0 amide bonds. The summed E-state index contributed by atoms with van der Waals surface area (Å²) in [6.45, 7) is 9.63. The largest absolute Gasteiger partial charge is 0.316 e. The van der Waals surface area contributed by atoms with Gasteiger partial charge in [0.15, 0.2) is 0 Å². The van der Waals surface area contributed by atoms with E-state index in [0.29, 0.717) is 0 Å². The molecule has 1 aromatic heterocycles. The van der Waals surface area contributed by atoms with Crippen molar-refractivity contribution in [3.63, 3.8) is 0 Å². The van der Waals surface area contributed by atoms with Crippen LogP contribution >= 0.6 is 0 Å². The van der Waals surface area contributed by atoms with Crippen LogP contribution in [0.15, 0.2) is 18.5 Å². The standard InChI is InChI=1S/C13H23N3/c1-4-16-11-13(10-15-16)7-5-6-8-14-9-12(2)3/h5,7,10-12,14H,4,6,8-9H2,1-3H3. The summed E-state index contributed by atoms with van der Waals surface area (Å²) < 4.78 is 1.94. The van der Waals surface area contributed by atoms with Crippen LogP contribution in [0.5, 0.6) is 0 Å². The molecule has 0 unspecified atom stereocenters. The van der Waals surface area contributed by atoms with Crippen LogP contribution in [0.2, 0.25) is 0 Å². The third kappa shape index (κ3) is 5.12. The van der Waals surface area contributed by atoms with E-state index in [1.165, 1.54) is 5.56 Å². The number of aryl methyl sites for hydroxylation is 1. The lowest BCUT2D eigenvalue weighted by Crippen LogP contribution is -2.20. The van der Waals surface area contributed by atoms with E-state index in [4.69, 9.17) is 0 Å². The van der Waals surface area contributed by atoms with E-state index in [-0.39, 0.29) is 0 Å². The first-order chi connectivity index (χ1) is 7.72. The lowest BCUT2D eigenvalue weighted by Gasteiger charge is -2.04. The van der Waals surface area contributed by atoms with Crippen molar-refractivity contribution >= 4 is 6.08 Å². The third-order valence-corrected chi connectivity index (χ3v) is 2.33. The van der Waals surface area contributed by atoms with Crippen molar-refractivity contribution in [2.24, 2.45) is 5.92 Å². The lowest BCUT2D eigenvalue weighted by atomic mass is 10.2. The average Bonchev–Trinajstić information content (AvgIpc) is 2.70. The van der Waals surface area contributed by atoms with Crippen molar-refractivity contribution < 1.29 is 0 Å². The van der Waals surface area contributed by atoms with Crippen LogP contribution in [-0.2, 0) is 6.54 Å². The van der Waals surface area contributed by atoms with Gasteiger partial charge in [0.1, 0.15) is 0 Å². The normalized spacial score (nSPS) is 11.8. The molecule has 1 aromatic rings. The monoisotopic (exact) mass is 221 g/mol. The van der Waals surface area contributed by atoms with Gasteiger partial charge in [-0.3, -0.25) is 4.68 Å². The minimum atomic E-state index is 0.728. The minimum Gasteiger partial charge on any atom is -0.316 e. The zero-order chi connectivity index (χ0) is 11.8. The van der Waals surface area contributed by atoms with Crippen molar-refractivity contribution in [1.82, 2.24) is 15.1 Å². The van der Waals surface area contributed by atoms with E-state index in [1.54, 1.807) is 0 Å². The first kappa shape index (κ1) is 13.0. The van der Waals surface area contributed by atoms with E-state index in [1.807, 2.05) is 10.9 Å². The van der Waals surface area contributed by atoms with Crippen LogP contribution in [0, 0.1) is 5.92 Å². The predicted octanol–water partition coefficient (Wildman–Crippen LogP) is 2.55. The second kappa shape index (κ2) is 7.23. The number of rotatable bonds is 7. The minimum absolute atomic E-state index is 0.728. The SMILES string of the molecule is CCn1cc(C=CCCNCC(C)C)cn1. The summed E-state index contributed by atoms with van der Waals surface area (Å²) in [6.07, 6.45) is 9.38. The number of nitrogens with one attached hydrogen (secondary N) is 1. The third-order valence-electron chi connectivity index (χ3n) is 2.33. The van der Waals surface area contributed by atoms with Gasteiger partial charge in [0.05, 0.1) is 6.20 Å². The Morgan fingerprint density at radius 3 is 2.94 bits per heavy atom. The molecule has 0 aliphatic carbocycles. The molecule has 0 spiro atoms. The Balaban J connectivity index is 2.17. The van der Waals surface area contributed by atoms with Crippen LogP contribution < -0.4 is 5.32 Å². The highest BCUT2D eigenvalue weighted by Crippen LogP contribution is 2.01. The molecule has 1 heterocycles. The van der Waals surface area contributed by atoms with Gasteiger partial charge < -0.3 is 5.32 Å². The summed E-state index contributed by atoms with van der Waals surface area (Å²) in [4.78, 5) is 0. The van der Waals surface area contributed by atoms with E-state index in [2.05, 4.69) is 49.5 Å². The Hall–Kier alpha value is -1.09. The molecule has 16 heavy (non-hydrogen) atoms. The molecule has 0 aliphatic rings. The average molecular weight is 221 g/mol. The molecular formula is C13H23N3. The molecule has 0 bridgehead atoms. The van der Waals surface area contributed by atoms with Crippen molar-refractivity contribution in [1.29, 1.82) is 0 Å². The van der Waals surface area contributed by atoms with Crippen molar-refractivity contribution in [3.05, 3.63) is 24.0 Å². The highest BCUT2D eigenvalue weighted by Gasteiger charge is 1.92. The first-order valence-electron chi connectivity index (χ1n) is 6.12. The molecule has 0 saturated heterocycles. The van der Waals surface area contributed by atoms with E-state index >= 15 is 0 Å². The maximum absolute atomic E-state index is 4.22. The highest BCUT2D eigenvalue weighted by molar-refractivity contribution is 5.46. The Morgan fingerprint density at radius 2 is 2.31 bits per heavy atom. The fourth-order valence-corrected chi connectivity index (χ4v) is 1.43. The summed E-state index contributed by atoms with van der Waals surface area (Å²) in [6, 6.07) is 0. The summed E-state index contributed by atoms with van der Waals surface area (Å²) in [5, 5.41) is 7.64. The maximum atomic E-state index is 4.22. The highest BCUT2D eigenvalue weighted by atomic mass is 15.3. The lowest BCUT2D eigenvalue weighted by molar-refractivity contribution is 0.557. The molecule has 0 fully saturated rings. The van der Waals surface area contributed by atoms with Gasteiger partial charge in [-0.15, -0.1) is 0 Å². The van der Waals surface area contributed by atoms with E-state index in [9.17, 15) is 0 Å². The zero-order valence-electron chi connectivity index (χ0n) is 10.6. The summed E-state index contributed by atoms with van der Waals surface area (Å²) in [5.41, 5.74) is 1.19. The molecule has 0 aromatic carbocycles. The van der Waals surface area contributed by atoms with Crippen LogP contribution in [-0.4, -0.2) is 22.9 Å². The number of hydrogen-bond donors (Lipinski definition) is 1. The molecule has 0 radical (unpaired) electrons. The van der Waals surface area contributed by atoms with E-state index < -0.39 is 0 Å². The molecule has 1 rings (SSSR count).